The number of thiazole rings is 1. The summed E-state index contributed by atoms with van der Waals surface area (Å²) in [5.41, 5.74) is 11.9. The number of aromatic nitrogens is 4. The Morgan fingerprint density at radius 1 is 0.776 bits per heavy atom. The standard InChI is InChI=1S/C38H42N8S3/c1-20(2)27-17-23(6)18-28(21(3)4)33(27)41-35-32(43-44-36-42-37(47-10)45-49-36)24(7)19-31(40-35)46(34-25(8)15-22(5)16-26(34)9)38-39-29-13-11-12-14-30(29)48-38/h11-21H,1-10H3,(H,40,41). The topological polar surface area (TPSA) is 91.5 Å². The zero-order valence-electron chi connectivity index (χ0n) is 29.7. The molecule has 0 aliphatic carbocycles. The monoisotopic (exact) mass is 706 g/mol. The maximum absolute atomic E-state index is 5.40. The lowest BCUT2D eigenvalue weighted by molar-refractivity contribution is 0.835. The van der Waals surface area contributed by atoms with Gasteiger partial charge in [0.05, 0.1) is 15.9 Å². The lowest BCUT2D eigenvalue weighted by Crippen LogP contribution is -2.15. The van der Waals surface area contributed by atoms with Crippen LogP contribution in [0.5, 0.6) is 0 Å². The summed E-state index contributed by atoms with van der Waals surface area (Å²) < 4.78 is 5.49. The van der Waals surface area contributed by atoms with Gasteiger partial charge in [-0.2, -0.15) is 9.36 Å². The van der Waals surface area contributed by atoms with Gasteiger partial charge >= 0.3 is 0 Å². The van der Waals surface area contributed by atoms with Crippen molar-refractivity contribution in [1.29, 1.82) is 0 Å². The van der Waals surface area contributed by atoms with Crippen LogP contribution in [0.4, 0.5) is 39.0 Å². The van der Waals surface area contributed by atoms with Crippen LogP contribution in [0, 0.1) is 34.6 Å². The van der Waals surface area contributed by atoms with Gasteiger partial charge in [0.25, 0.3) is 0 Å². The number of para-hydroxylation sites is 1. The number of thioether (sulfide) groups is 1. The molecular formula is C38H42N8S3. The second kappa shape index (κ2) is 14.3. The molecule has 6 aromatic rings. The number of aryl methyl sites for hydroxylation is 5. The Morgan fingerprint density at radius 2 is 1.43 bits per heavy atom. The molecule has 0 saturated heterocycles. The number of nitrogens with zero attached hydrogens (tertiary/aromatic N) is 7. The first-order valence-corrected chi connectivity index (χ1v) is 19.2. The molecule has 6 rings (SSSR count). The molecule has 49 heavy (non-hydrogen) atoms. The number of hydrogen-bond donors (Lipinski definition) is 1. The zero-order valence-corrected chi connectivity index (χ0v) is 32.2. The van der Waals surface area contributed by atoms with Crippen molar-refractivity contribution in [3.63, 3.8) is 0 Å². The Balaban J connectivity index is 1.61. The van der Waals surface area contributed by atoms with E-state index >= 15 is 0 Å². The number of nitrogens with one attached hydrogen (secondary N) is 1. The number of hydrogen-bond acceptors (Lipinski definition) is 11. The van der Waals surface area contributed by atoms with E-state index < -0.39 is 0 Å². The van der Waals surface area contributed by atoms with Crippen molar-refractivity contribution >= 4 is 83.8 Å². The number of fused-ring (bicyclic) bond motifs is 1. The first-order chi connectivity index (χ1) is 23.4. The molecule has 0 saturated carbocycles. The minimum absolute atomic E-state index is 0.290. The predicted octanol–water partition coefficient (Wildman–Crippen LogP) is 12.7. The number of benzene rings is 3. The number of azo groups is 1. The van der Waals surface area contributed by atoms with Crippen LogP contribution in [-0.2, 0) is 0 Å². The molecule has 3 aromatic carbocycles. The van der Waals surface area contributed by atoms with E-state index in [-0.39, 0.29) is 11.8 Å². The van der Waals surface area contributed by atoms with Gasteiger partial charge in [-0.15, -0.1) is 10.2 Å². The summed E-state index contributed by atoms with van der Waals surface area (Å²) >= 11 is 4.38. The fourth-order valence-electron chi connectivity index (χ4n) is 6.20. The average Bonchev–Trinajstić information content (AvgIpc) is 3.69. The van der Waals surface area contributed by atoms with Gasteiger partial charge in [-0.3, -0.25) is 4.90 Å². The van der Waals surface area contributed by atoms with Crippen molar-refractivity contribution in [3.8, 4) is 0 Å². The molecule has 1 N–H and O–H groups in total. The van der Waals surface area contributed by atoms with Crippen molar-refractivity contribution in [2.45, 2.75) is 79.3 Å². The van der Waals surface area contributed by atoms with E-state index in [1.54, 1.807) is 11.3 Å². The molecule has 0 atom stereocenters. The van der Waals surface area contributed by atoms with Gasteiger partial charge in [-0.25, -0.2) is 9.97 Å². The zero-order chi connectivity index (χ0) is 35.0. The maximum atomic E-state index is 5.40. The molecule has 0 fully saturated rings. The summed E-state index contributed by atoms with van der Waals surface area (Å²) in [6, 6.07) is 19.3. The molecule has 8 nitrogen and oxygen atoms in total. The summed E-state index contributed by atoms with van der Waals surface area (Å²) in [4.78, 5) is 17.2. The van der Waals surface area contributed by atoms with E-state index in [9.17, 15) is 0 Å². The lowest BCUT2D eigenvalue weighted by atomic mass is 9.90. The average molecular weight is 707 g/mol. The molecule has 0 aliphatic heterocycles. The Hall–Kier alpha value is -4.19. The quantitative estimate of drug-likeness (QED) is 0.112. The predicted molar refractivity (Wildman–Crippen MR) is 210 cm³/mol. The molecule has 0 radical (unpaired) electrons. The van der Waals surface area contributed by atoms with Gasteiger partial charge in [0, 0.05) is 17.2 Å². The molecule has 3 aromatic heterocycles. The normalized spacial score (nSPS) is 11.8. The number of pyridine rings is 1. The van der Waals surface area contributed by atoms with Crippen LogP contribution >= 0.6 is 34.6 Å². The highest BCUT2D eigenvalue weighted by atomic mass is 32.2. The summed E-state index contributed by atoms with van der Waals surface area (Å²) in [6.45, 7) is 19.6. The van der Waals surface area contributed by atoms with Crippen LogP contribution in [0.3, 0.4) is 0 Å². The fraction of sp³-hybridized carbons (Fsp3) is 0.316. The SMILES string of the molecule is CSc1nsc(N=Nc2c(C)cc(N(c3nc4ccccc4s3)c3c(C)cc(C)cc3C)nc2Nc2c(C(C)C)cc(C)cc2C(C)C)n1. The summed E-state index contributed by atoms with van der Waals surface area (Å²) in [5.74, 6) is 1.95. The highest BCUT2D eigenvalue weighted by molar-refractivity contribution is 7.98. The number of rotatable bonds is 10. The second-order valence-electron chi connectivity index (χ2n) is 13.1. The van der Waals surface area contributed by atoms with Crippen molar-refractivity contribution in [2.75, 3.05) is 16.5 Å². The van der Waals surface area contributed by atoms with Crippen LogP contribution < -0.4 is 10.2 Å². The first kappa shape index (κ1) is 34.7. The summed E-state index contributed by atoms with van der Waals surface area (Å²) in [6.07, 6.45) is 1.95. The van der Waals surface area contributed by atoms with Gasteiger partial charge in [-0.1, -0.05) is 98.3 Å². The fourth-order valence-corrected chi connectivity index (χ4v) is 8.23. The molecule has 0 spiro atoms. The second-order valence-corrected chi connectivity index (χ2v) is 15.6. The van der Waals surface area contributed by atoms with E-state index in [4.69, 9.17) is 15.1 Å². The largest absolute Gasteiger partial charge is 0.338 e. The molecule has 0 amide bonds. The van der Waals surface area contributed by atoms with Crippen LogP contribution in [0.1, 0.15) is 78.5 Å². The third-order valence-corrected chi connectivity index (χ3v) is 10.7. The van der Waals surface area contributed by atoms with Crippen LogP contribution in [0.25, 0.3) is 10.2 Å². The molecule has 252 valence electrons. The van der Waals surface area contributed by atoms with Crippen molar-refractivity contribution < 1.29 is 0 Å². The molecule has 0 aliphatic rings. The van der Waals surface area contributed by atoms with Crippen molar-refractivity contribution in [3.05, 3.63) is 93.5 Å². The maximum Gasteiger partial charge on any atom is 0.250 e. The van der Waals surface area contributed by atoms with Gasteiger partial charge in [0.15, 0.2) is 10.9 Å². The van der Waals surface area contributed by atoms with E-state index in [2.05, 4.69) is 136 Å². The number of anilines is 5. The van der Waals surface area contributed by atoms with Gasteiger partial charge in [0.2, 0.25) is 10.3 Å². The van der Waals surface area contributed by atoms with E-state index in [1.807, 2.05) is 12.3 Å². The van der Waals surface area contributed by atoms with E-state index in [0.717, 1.165) is 49.2 Å². The van der Waals surface area contributed by atoms with E-state index in [0.29, 0.717) is 21.8 Å². The molecule has 0 bridgehead atoms. The Bertz CT molecular complexity index is 2090. The molecule has 3 heterocycles. The Labute approximate surface area is 301 Å². The van der Waals surface area contributed by atoms with Crippen molar-refractivity contribution in [1.82, 2.24) is 19.3 Å². The van der Waals surface area contributed by atoms with Crippen LogP contribution in [0.15, 0.2) is 70.0 Å². The first-order valence-electron chi connectivity index (χ1n) is 16.4. The third kappa shape index (κ3) is 7.25. The molecule has 11 heteroatoms. The van der Waals surface area contributed by atoms with Gasteiger partial charge < -0.3 is 5.32 Å². The minimum atomic E-state index is 0.290. The molecule has 0 unspecified atom stereocenters. The van der Waals surface area contributed by atoms with E-state index in [1.165, 1.54) is 45.5 Å². The minimum Gasteiger partial charge on any atom is -0.338 e. The van der Waals surface area contributed by atoms with Crippen molar-refractivity contribution in [2.24, 2.45) is 10.2 Å². The smallest absolute Gasteiger partial charge is 0.250 e. The molecular weight excluding hydrogens is 665 g/mol. The Morgan fingerprint density at radius 3 is 2.04 bits per heavy atom. The van der Waals surface area contributed by atoms with Crippen LogP contribution in [-0.4, -0.2) is 25.6 Å². The summed E-state index contributed by atoms with van der Waals surface area (Å²) in [5, 5.41) is 15.2. The Kier molecular flexibility index (Phi) is 10.1. The lowest BCUT2D eigenvalue weighted by Gasteiger charge is -2.27. The highest BCUT2D eigenvalue weighted by Gasteiger charge is 2.25. The highest BCUT2D eigenvalue weighted by Crippen LogP contribution is 2.45. The summed E-state index contributed by atoms with van der Waals surface area (Å²) in [7, 11) is 0. The van der Waals surface area contributed by atoms with Gasteiger partial charge in [0.1, 0.15) is 11.5 Å². The third-order valence-electron chi connectivity index (χ3n) is 8.38. The van der Waals surface area contributed by atoms with Crippen LogP contribution in [0.2, 0.25) is 0 Å². The van der Waals surface area contributed by atoms with Gasteiger partial charge in [-0.05, 0) is 98.7 Å².